The van der Waals surface area contributed by atoms with Gasteiger partial charge in [-0.3, -0.25) is 9.59 Å². The Morgan fingerprint density at radius 3 is 1.24 bits per heavy atom. The Balaban J connectivity index is 1.78. The van der Waals surface area contributed by atoms with Gasteiger partial charge in [-0.2, -0.15) is 0 Å². The van der Waals surface area contributed by atoms with Crippen molar-refractivity contribution < 1.29 is 48.3 Å². The van der Waals surface area contributed by atoms with Crippen molar-refractivity contribution in [1.82, 2.24) is 0 Å². The van der Waals surface area contributed by atoms with Crippen LogP contribution >= 0.6 is 0 Å². The summed E-state index contributed by atoms with van der Waals surface area (Å²) in [6.45, 7) is 10.7. The van der Waals surface area contributed by atoms with Gasteiger partial charge in [0.15, 0.2) is 0 Å². The molecule has 0 aliphatic heterocycles. The predicted molar refractivity (Wildman–Crippen MR) is 153 cm³/mol. The third kappa shape index (κ3) is 12.1. The number of rotatable bonds is 16. The number of carbonyl (C=O) groups excluding carboxylic acids is 4. The molecule has 0 aromatic heterocycles. The number of aliphatic hydroxyl groups excluding tert-OH is 2. The maximum absolute atomic E-state index is 12.1. The largest absolute Gasteiger partial charge is 0.463 e. The van der Waals surface area contributed by atoms with E-state index in [1.807, 2.05) is 55.5 Å². The van der Waals surface area contributed by atoms with Gasteiger partial charge in [0.1, 0.15) is 38.6 Å². The summed E-state index contributed by atoms with van der Waals surface area (Å²) in [4.78, 5) is 47.0. The quantitative estimate of drug-likeness (QED) is 0.172. The molecule has 10 nitrogen and oxygen atoms in total. The zero-order valence-electron chi connectivity index (χ0n) is 24.2. The number of hydrogen-bond acceptors (Lipinski definition) is 10. The van der Waals surface area contributed by atoms with Crippen molar-refractivity contribution in [2.24, 2.45) is 0 Å². The van der Waals surface area contributed by atoms with E-state index in [4.69, 9.17) is 18.9 Å². The molecule has 2 unspecified atom stereocenters. The standard InChI is InChI=1S/C32H38O10/c1-20(2)31(37)41-18-27(33)16-39-29(35)14-23-6-10-25(11-7-23)22(5)26-12-8-24(9-13-26)15-30(36)40-17-28(34)19-42-32(38)21(3)4/h6-13,22,27-28,33-34H,1,3,14-19H2,2,4-5H3. The molecule has 226 valence electrons. The third-order valence-corrected chi connectivity index (χ3v) is 6.04. The second-order valence-corrected chi connectivity index (χ2v) is 9.99. The zero-order valence-corrected chi connectivity index (χ0v) is 24.2. The van der Waals surface area contributed by atoms with Gasteiger partial charge in [-0.05, 0) is 36.1 Å². The first-order valence-electron chi connectivity index (χ1n) is 13.4. The van der Waals surface area contributed by atoms with Gasteiger partial charge in [0.25, 0.3) is 0 Å². The molecule has 2 N–H and O–H groups in total. The van der Waals surface area contributed by atoms with Gasteiger partial charge in [0.05, 0.1) is 12.8 Å². The SMILES string of the molecule is C=C(C)C(=O)OCC(O)COC(=O)Cc1ccc(C(C)c2ccc(CC(=O)OCC(O)COC(=O)C(=C)C)cc2)cc1. The molecule has 2 aromatic carbocycles. The van der Waals surface area contributed by atoms with E-state index < -0.39 is 36.1 Å². The summed E-state index contributed by atoms with van der Waals surface area (Å²) >= 11 is 0. The van der Waals surface area contributed by atoms with Crippen molar-refractivity contribution in [2.75, 3.05) is 26.4 Å². The lowest BCUT2D eigenvalue weighted by Crippen LogP contribution is -2.26. The summed E-state index contributed by atoms with van der Waals surface area (Å²) in [5.41, 5.74) is 3.95. The van der Waals surface area contributed by atoms with E-state index in [0.717, 1.165) is 22.3 Å². The molecule has 0 heterocycles. The molecule has 42 heavy (non-hydrogen) atoms. The van der Waals surface area contributed by atoms with Crippen LogP contribution in [-0.4, -0.2) is 72.7 Å². The van der Waals surface area contributed by atoms with Crippen LogP contribution in [0, 0.1) is 0 Å². The Bertz CT molecular complexity index is 1150. The van der Waals surface area contributed by atoms with Crippen LogP contribution < -0.4 is 0 Å². The number of ether oxygens (including phenoxy) is 4. The smallest absolute Gasteiger partial charge is 0.333 e. The minimum Gasteiger partial charge on any atom is -0.463 e. The molecule has 0 saturated carbocycles. The Morgan fingerprint density at radius 2 is 0.929 bits per heavy atom. The minimum absolute atomic E-state index is 0.0222. The summed E-state index contributed by atoms with van der Waals surface area (Å²) in [6, 6.07) is 15.0. The lowest BCUT2D eigenvalue weighted by atomic mass is 9.91. The van der Waals surface area contributed by atoms with E-state index in [-0.39, 0.29) is 56.3 Å². The fraction of sp³-hybridized carbons (Fsp3) is 0.375. The summed E-state index contributed by atoms with van der Waals surface area (Å²) in [6.07, 6.45) is -2.21. The molecule has 0 amide bonds. The van der Waals surface area contributed by atoms with Gasteiger partial charge < -0.3 is 29.2 Å². The van der Waals surface area contributed by atoms with Gasteiger partial charge in [0, 0.05) is 17.1 Å². The highest BCUT2D eigenvalue weighted by atomic mass is 16.6. The maximum atomic E-state index is 12.1. The third-order valence-electron chi connectivity index (χ3n) is 6.04. The highest BCUT2D eigenvalue weighted by molar-refractivity contribution is 5.87. The number of benzene rings is 2. The lowest BCUT2D eigenvalue weighted by molar-refractivity contribution is -0.151. The minimum atomic E-state index is -1.13. The molecule has 0 spiro atoms. The highest BCUT2D eigenvalue weighted by Crippen LogP contribution is 2.25. The molecule has 0 bridgehead atoms. The fourth-order valence-corrected chi connectivity index (χ4v) is 3.54. The second-order valence-electron chi connectivity index (χ2n) is 9.99. The Labute approximate surface area is 245 Å². The molecule has 0 aliphatic carbocycles. The molecule has 0 saturated heterocycles. The Kier molecular flexibility index (Phi) is 13.6. The fourth-order valence-electron chi connectivity index (χ4n) is 3.54. The first-order valence-corrected chi connectivity index (χ1v) is 13.4. The van der Waals surface area contributed by atoms with Crippen LogP contribution in [0.2, 0.25) is 0 Å². The lowest BCUT2D eigenvalue weighted by Gasteiger charge is -2.15. The van der Waals surface area contributed by atoms with Crippen LogP contribution in [0.15, 0.2) is 72.8 Å². The van der Waals surface area contributed by atoms with Crippen LogP contribution in [0.3, 0.4) is 0 Å². The van der Waals surface area contributed by atoms with Crippen LogP contribution in [-0.2, 0) is 51.0 Å². The van der Waals surface area contributed by atoms with Crippen molar-refractivity contribution in [2.45, 2.75) is 51.7 Å². The molecule has 2 aromatic rings. The van der Waals surface area contributed by atoms with Gasteiger partial charge in [0.2, 0.25) is 0 Å². The van der Waals surface area contributed by atoms with Gasteiger partial charge >= 0.3 is 23.9 Å². The first-order chi connectivity index (χ1) is 19.8. The highest BCUT2D eigenvalue weighted by Gasteiger charge is 2.15. The number of esters is 4. The van der Waals surface area contributed by atoms with Crippen molar-refractivity contribution in [3.05, 3.63) is 95.1 Å². The molecule has 10 heteroatoms. The molecule has 0 fully saturated rings. The Morgan fingerprint density at radius 1 is 0.619 bits per heavy atom. The number of hydrogen-bond donors (Lipinski definition) is 2. The van der Waals surface area contributed by atoms with E-state index >= 15 is 0 Å². The molecule has 2 atom stereocenters. The van der Waals surface area contributed by atoms with Gasteiger partial charge in [-0.1, -0.05) is 68.6 Å². The maximum Gasteiger partial charge on any atom is 0.333 e. The summed E-state index contributed by atoms with van der Waals surface area (Å²) in [5, 5.41) is 19.6. The van der Waals surface area contributed by atoms with Crippen molar-refractivity contribution >= 4 is 23.9 Å². The summed E-state index contributed by atoms with van der Waals surface area (Å²) in [7, 11) is 0. The van der Waals surface area contributed by atoms with Crippen LogP contribution in [0.5, 0.6) is 0 Å². The summed E-state index contributed by atoms with van der Waals surface area (Å²) in [5.74, 6) is -2.24. The zero-order chi connectivity index (χ0) is 31.2. The Hall–Kier alpha value is -4.28. The number of aliphatic hydroxyl groups is 2. The molecule has 2 rings (SSSR count). The average molecular weight is 583 g/mol. The monoisotopic (exact) mass is 582 g/mol. The summed E-state index contributed by atoms with van der Waals surface area (Å²) < 4.78 is 19.8. The normalized spacial score (nSPS) is 12.8. The first kappa shape index (κ1) is 33.9. The average Bonchev–Trinajstić information content (AvgIpc) is 2.96. The van der Waals surface area contributed by atoms with E-state index in [9.17, 15) is 29.4 Å². The topological polar surface area (TPSA) is 146 Å². The number of carbonyl (C=O) groups is 4. The molecular weight excluding hydrogens is 544 g/mol. The van der Waals surface area contributed by atoms with Crippen molar-refractivity contribution in [1.29, 1.82) is 0 Å². The van der Waals surface area contributed by atoms with E-state index in [0.29, 0.717) is 0 Å². The van der Waals surface area contributed by atoms with Crippen molar-refractivity contribution in [3.63, 3.8) is 0 Å². The predicted octanol–water partition coefficient (Wildman–Crippen LogP) is 2.97. The second kappa shape index (κ2) is 16.9. The van der Waals surface area contributed by atoms with E-state index in [1.54, 1.807) is 0 Å². The van der Waals surface area contributed by atoms with Gasteiger partial charge in [-0.15, -0.1) is 0 Å². The molecular formula is C32H38O10. The molecule has 0 aliphatic rings. The van der Waals surface area contributed by atoms with E-state index in [1.165, 1.54) is 13.8 Å². The van der Waals surface area contributed by atoms with Gasteiger partial charge in [-0.25, -0.2) is 9.59 Å². The van der Waals surface area contributed by atoms with Crippen LogP contribution in [0.4, 0.5) is 0 Å². The molecule has 0 radical (unpaired) electrons. The van der Waals surface area contributed by atoms with E-state index in [2.05, 4.69) is 13.2 Å². The van der Waals surface area contributed by atoms with Crippen LogP contribution in [0.1, 0.15) is 48.9 Å². The van der Waals surface area contributed by atoms with Crippen LogP contribution in [0.25, 0.3) is 0 Å². The van der Waals surface area contributed by atoms with Crippen molar-refractivity contribution in [3.8, 4) is 0 Å².